The standard InChI is InChI=1S/C14H14N2O6/c1-8(16(20)21)7-11(14(19)22-2)15-12(17)9-5-3-4-6-10(9)13(15)18/h3-6,8,11H,7H2,1-2H3/t8-,11+/m1/s1. The van der Waals surface area contributed by atoms with Gasteiger partial charge in [0.2, 0.25) is 6.04 Å². The molecule has 2 atom stereocenters. The van der Waals surface area contributed by atoms with Crippen molar-refractivity contribution in [2.45, 2.75) is 25.4 Å². The van der Waals surface area contributed by atoms with Crippen LogP contribution in [0.1, 0.15) is 34.1 Å². The molecular weight excluding hydrogens is 292 g/mol. The van der Waals surface area contributed by atoms with Crippen LogP contribution in [0.4, 0.5) is 0 Å². The first-order valence-electron chi connectivity index (χ1n) is 6.56. The number of hydrogen-bond acceptors (Lipinski definition) is 6. The van der Waals surface area contributed by atoms with Crippen molar-refractivity contribution < 1.29 is 24.0 Å². The predicted octanol–water partition coefficient (Wildman–Crippen LogP) is 0.879. The molecular formula is C14H14N2O6. The first-order chi connectivity index (χ1) is 10.4. The number of ether oxygens (including phenoxy) is 1. The Morgan fingerprint density at radius 3 is 2.18 bits per heavy atom. The van der Waals surface area contributed by atoms with Gasteiger partial charge in [-0.2, -0.15) is 0 Å². The number of carbonyl (C=O) groups is 3. The summed E-state index contributed by atoms with van der Waals surface area (Å²) in [6.45, 7) is 1.30. The number of fused-ring (bicyclic) bond motifs is 1. The van der Waals surface area contributed by atoms with Crippen LogP contribution in [0.3, 0.4) is 0 Å². The Morgan fingerprint density at radius 2 is 1.77 bits per heavy atom. The number of hydrogen-bond donors (Lipinski definition) is 0. The highest BCUT2D eigenvalue weighted by molar-refractivity contribution is 6.22. The topological polar surface area (TPSA) is 107 Å². The maximum Gasteiger partial charge on any atom is 0.329 e. The van der Waals surface area contributed by atoms with Crippen LogP contribution >= 0.6 is 0 Å². The van der Waals surface area contributed by atoms with Crippen LogP contribution in [-0.4, -0.2) is 46.8 Å². The number of amides is 2. The number of benzene rings is 1. The van der Waals surface area contributed by atoms with Gasteiger partial charge < -0.3 is 4.74 Å². The Hall–Kier alpha value is -2.77. The van der Waals surface area contributed by atoms with Crippen LogP contribution in [0.2, 0.25) is 0 Å². The van der Waals surface area contributed by atoms with Crippen molar-refractivity contribution in [3.8, 4) is 0 Å². The molecule has 0 aromatic heterocycles. The third-order valence-corrected chi connectivity index (χ3v) is 3.53. The lowest BCUT2D eigenvalue weighted by Crippen LogP contribution is -2.47. The number of nitrogens with zero attached hydrogens (tertiary/aromatic N) is 2. The van der Waals surface area contributed by atoms with Crippen molar-refractivity contribution in [2.24, 2.45) is 0 Å². The zero-order chi connectivity index (χ0) is 16.4. The predicted molar refractivity (Wildman–Crippen MR) is 73.8 cm³/mol. The smallest absolute Gasteiger partial charge is 0.329 e. The van der Waals surface area contributed by atoms with Crippen molar-refractivity contribution in [1.82, 2.24) is 4.90 Å². The average Bonchev–Trinajstić information content (AvgIpc) is 2.76. The number of nitro groups is 1. The van der Waals surface area contributed by atoms with Gasteiger partial charge in [-0.25, -0.2) is 4.79 Å². The molecule has 1 aliphatic rings. The van der Waals surface area contributed by atoms with E-state index in [0.717, 1.165) is 12.0 Å². The minimum absolute atomic E-state index is 0.176. The first-order valence-corrected chi connectivity index (χ1v) is 6.56. The molecule has 0 saturated heterocycles. The van der Waals surface area contributed by atoms with Gasteiger partial charge in [-0.3, -0.25) is 24.6 Å². The molecule has 116 valence electrons. The van der Waals surface area contributed by atoms with Crippen LogP contribution < -0.4 is 0 Å². The van der Waals surface area contributed by atoms with Gasteiger partial charge >= 0.3 is 5.97 Å². The fourth-order valence-corrected chi connectivity index (χ4v) is 2.34. The lowest BCUT2D eigenvalue weighted by molar-refractivity contribution is -0.519. The molecule has 0 spiro atoms. The third kappa shape index (κ3) is 2.54. The second-order valence-corrected chi connectivity index (χ2v) is 4.93. The largest absolute Gasteiger partial charge is 0.467 e. The zero-order valence-electron chi connectivity index (χ0n) is 12.0. The number of carbonyl (C=O) groups excluding carboxylic acids is 3. The van der Waals surface area contributed by atoms with Crippen molar-refractivity contribution in [3.05, 3.63) is 45.5 Å². The first kappa shape index (κ1) is 15.6. The van der Waals surface area contributed by atoms with Crippen molar-refractivity contribution >= 4 is 17.8 Å². The van der Waals surface area contributed by atoms with E-state index >= 15 is 0 Å². The maximum absolute atomic E-state index is 12.3. The lowest BCUT2D eigenvalue weighted by Gasteiger charge is -2.24. The summed E-state index contributed by atoms with van der Waals surface area (Å²) in [7, 11) is 1.10. The molecule has 2 amide bonds. The number of rotatable bonds is 5. The van der Waals surface area contributed by atoms with Gasteiger partial charge in [0.15, 0.2) is 0 Å². The zero-order valence-corrected chi connectivity index (χ0v) is 12.0. The molecule has 0 fully saturated rings. The summed E-state index contributed by atoms with van der Waals surface area (Å²) in [5.74, 6) is -2.15. The summed E-state index contributed by atoms with van der Waals surface area (Å²) >= 11 is 0. The average molecular weight is 306 g/mol. The highest BCUT2D eigenvalue weighted by atomic mass is 16.6. The van der Waals surface area contributed by atoms with Crippen LogP contribution in [0.15, 0.2) is 24.3 Å². The summed E-state index contributed by atoms with van der Waals surface area (Å²) in [6, 6.07) is 3.72. The molecule has 1 aliphatic heterocycles. The molecule has 0 saturated carbocycles. The fraction of sp³-hybridized carbons (Fsp3) is 0.357. The molecule has 8 nitrogen and oxygen atoms in total. The normalized spacial score (nSPS) is 16.2. The van der Waals surface area contributed by atoms with Crippen molar-refractivity contribution in [2.75, 3.05) is 7.11 Å². The number of esters is 1. The van der Waals surface area contributed by atoms with Gasteiger partial charge in [0.05, 0.1) is 18.2 Å². The summed E-state index contributed by atoms with van der Waals surface area (Å²) in [5.41, 5.74) is 0.352. The quantitative estimate of drug-likeness (QED) is 0.346. The van der Waals surface area contributed by atoms with Gasteiger partial charge in [-0.15, -0.1) is 0 Å². The third-order valence-electron chi connectivity index (χ3n) is 3.53. The van der Waals surface area contributed by atoms with E-state index in [1.807, 2.05) is 0 Å². The molecule has 8 heteroatoms. The van der Waals surface area contributed by atoms with Gasteiger partial charge in [0.1, 0.15) is 6.04 Å². The molecule has 0 bridgehead atoms. The Kier molecular flexibility index (Phi) is 4.20. The summed E-state index contributed by atoms with van der Waals surface area (Å²) in [6.07, 6.45) is -0.300. The molecule has 2 rings (SSSR count). The Morgan fingerprint density at radius 1 is 1.27 bits per heavy atom. The Bertz CT molecular complexity index is 621. The molecule has 0 N–H and O–H groups in total. The Balaban J connectivity index is 2.37. The minimum atomic E-state index is -1.32. The molecule has 1 aromatic carbocycles. The van der Waals surface area contributed by atoms with Crippen molar-refractivity contribution in [1.29, 1.82) is 0 Å². The number of imide groups is 1. The molecule has 1 heterocycles. The highest BCUT2D eigenvalue weighted by Gasteiger charge is 2.44. The van der Waals surface area contributed by atoms with Crippen LogP contribution in [0.5, 0.6) is 0 Å². The second-order valence-electron chi connectivity index (χ2n) is 4.93. The van der Waals surface area contributed by atoms with Gasteiger partial charge in [0, 0.05) is 18.3 Å². The SMILES string of the molecule is COC(=O)[C@H](C[C@@H](C)[N+](=O)[O-])N1C(=O)c2ccccc2C1=O. The second kappa shape index (κ2) is 5.92. The molecule has 0 radical (unpaired) electrons. The maximum atomic E-state index is 12.3. The van der Waals surface area contributed by atoms with E-state index in [2.05, 4.69) is 4.74 Å². The summed E-state index contributed by atoms with van der Waals surface area (Å²) in [4.78, 5) is 47.6. The minimum Gasteiger partial charge on any atom is -0.467 e. The van der Waals surface area contributed by atoms with E-state index in [1.54, 1.807) is 12.1 Å². The van der Waals surface area contributed by atoms with E-state index < -0.39 is 34.8 Å². The molecule has 0 unspecified atom stereocenters. The lowest BCUT2D eigenvalue weighted by atomic mass is 10.1. The summed E-state index contributed by atoms with van der Waals surface area (Å²) in [5, 5.41) is 10.8. The van der Waals surface area contributed by atoms with Crippen LogP contribution in [0.25, 0.3) is 0 Å². The molecule has 0 aliphatic carbocycles. The van der Waals surface area contributed by atoms with E-state index in [0.29, 0.717) is 0 Å². The van der Waals surface area contributed by atoms with Gasteiger partial charge in [-0.05, 0) is 12.1 Å². The van der Waals surface area contributed by atoms with Crippen molar-refractivity contribution in [3.63, 3.8) is 0 Å². The molecule has 22 heavy (non-hydrogen) atoms. The van der Waals surface area contributed by atoms with Crippen LogP contribution in [0, 0.1) is 10.1 Å². The Labute approximate surface area is 125 Å². The van der Waals surface area contributed by atoms with Gasteiger partial charge in [-0.1, -0.05) is 12.1 Å². The number of methoxy groups -OCH3 is 1. The van der Waals surface area contributed by atoms with E-state index in [-0.39, 0.29) is 17.5 Å². The van der Waals surface area contributed by atoms with E-state index in [9.17, 15) is 24.5 Å². The summed E-state index contributed by atoms with van der Waals surface area (Å²) < 4.78 is 4.59. The highest BCUT2D eigenvalue weighted by Crippen LogP contribution is 2.26. The van der Waals surface area contributed by atoms with E-state index in [4.69, 9.17) is 0 Å². The molecule has 1 aromatic rings. The van der Waals surface area contributed by atoms with Gasteiger partial charge in [0.25, 0.3) is 11.8 Å². The van der Waals surface area contributed by atoms with Crippen LogP contribution in [-0.2, 0) is 9.53 Å². The fourth-order valence-electron chi connectivity index (χ4n) is 2.34. The monoisotopic (exact) mass is 306 g/mol. The van der Waals surface area contributed by atoms with E-state index in [1.165, 1.54) is 19.1 Å².